The summed E-state index contributed by atoms with van der Waals surface area (Å²) in [7, 11) is 0. The number of rotatable bonds is 5. The molecule has 2 aliphatic heterocycles. The predicted molar refractivity (Wildman–Crippen MR) is 94.0 cm³/mol. The normalized spacial score (nSPS) is 36.7. The van der Waals surface area contributed by atoms with Gasteiger partial charge < -0.3 is 10.6 Å². The monoisotopic (exact) mass is 361 g/mol. The van der Waals surface area contributed by atoms with Crippen molar-refractivity contribution < 1.29 is 8.98 Å². The summed E-state index contributed by atoms with van der Waals surface area (Å²) in [5, 5.41) is 0.305. The first-order chi connectivity index (χ1) is 11.0. The van der Waals surface area contributed by atoms with Gasteiger partial charge in [-0.1, -0.05) is 12.8 Å². The van der Waals surface area contributed by atoms with Gasteiger partial charge in [0.25, 0.3) is 0 Å². The molecular weight excluding hydrogens is 334 g/mol. The topological polar surface area (TPSA) is 58.6 Å². The number of likely N-dealkylation sites (tertiary alicyclic amines) is 1. The van der Waals surface area contributed by atoms with Crippen molar-refractivity contribution in [3.05, 3.63) is 0 Å². The number of nitrogens with zero attached hydrogens (tertiary/aromatic N) is 2. The molecule has 1 amide bonds. The summed E-state index contributed by atoms with van der Waals surface area (Å²) in [5.74, 6) is 0.654. The molecule has 0 bridgehead atoms. The lowest BCUT2D eigenvalue weighted by molar-refractivity contribution is -0.134. The van der Waals surface area contributed by atoms with Gasteiger partial charge in [-0.2, -0.15) is 0 Å². The maximum atomic E-state index is 12.2. The molecule has 0 aromatic heterocycles. The van der Waals surface area contributed by atoms with Crippen LogP contribution in [0.2, 0.25) is 0 Å². The van der Waals surface area contributed by atoms with Crippen LogP contribution in [0.15, 0.2) is 0 Å². The molecule has 23 heavy (non-hydrogen) atoms. The van der Waals surface area contributed by atoms with E-state index in [1.54, 1.807) is 0 Å². The van der Waals surface area contributed by atoms with Gasteiger partial charge in [0.15, 0.2) is 0 Å². The van der Waals surface area contributed by atoms with Gasteiger partial charge in [-0.05, 0) is 38.5 Å². The Labute approximate surface area is 148 Å². The van der Waals surface area contributed by atoms with E-state index in [4.69, 9.17) is 21.5 Å². The fraction of sp³-hybridized carbons (Fsp3) is 0.938. The lowest BCUT2D eigenvalue weighted by Gasteiger charge is -2.36. The van der Waals surface area contributed by atoms with Crippen LogP contribution in [-0.4, -0.2) is 58.3 Å². The van der Waals surface area contributed by atoms with Crippen LogP contribution in [0.5, 0.6) is 0 Å². The van der Waals surface area contributed by atoms with Crippen molar-refractivity contribution >= 4 is 29.7 Å². The molecule has 4 atom stereocenters. The van der Waals surface area contributed by atoms with Gasteiger partial charge in [-0.15, -0.1) is 11.6 Å². The van der Waals surface area contributed by atoms with E-state index in [1.165, 1.54) is 31.5 Å². The molecule has 0 radical (unpaired) electrons. The van der Waals surface area contributed by atoms with E-state index in [2.05, 4.69) is 11.2 Å². The zero-order chi connectivity index (χ0) is 16.4. The molecule has 4 unspecified atom stereocenters. The van der Waals surface area contributed by atoms with E-state index in [0.717, 1.165) is 38.9 Å². The molecule has 0 aromatic carbocycles. The third-order valence-electron chi connectivity index (χ3n) is 5.42. The molecule has 3 rings (SSSR count). The van der Waals surface area contributed by atoms with E-state index >= 15 is 0 Å². The first kappa shape index (κ1) is 17.8. The number of hydrogen-bond donors (Lipinski definition) is 1. The Morgan fingerprint density at radius 2 is 2.04 bits per heavy atom. The maximum absolute atomic E-state index is 12.2. The molecule has 2 saturated heterocycles. The zero-order valence-electron chi connectivity index (χ0n) is 13.9. The van der Waals surface area contributed by atoms with Crippen LogP contribution in [0.25, 0.3) is 0 Å². The molecule has 7 heteroatoms. The maximum Gasteiger partial charge on any atom is 0.249 e. The van der Waals surface area contributed by atoms with Gasteiger partial charge in [0.1, 0.15) is 6.61 Å². The second-order valence-electron chi connectivity index (χ2n) is 7.50. The Balaban J connectivity index is 1.32. The van der Waals surface area contributed by atoms with Crippen molar-refractivity contribution in [2.75, 3.05) is 26.2 Å². The highest BCUT2D eigenvalue weighted by atomic mass is 35.5. The molecule has 2 heterocycles. The van der Waals surface area contributed by atoms with Crippen LogP contribution in [-0.2, 0) is 8.98 Å². The smallest absolute Gasteiger partial charge is 0.249 e. The Hall–Kier alpha value is -0.0100. The van der Waals surface area contributed by atoms with Crippen LogP contribution >= 0.6 is 23.8 Å². The molecule has 3 aliphatic rings. The van der Waals surface area contributed by atoms with Crippen LogP contribution in [0, 0.1) is 5.92 Å². The lowest BCUT2D eigenvalue weighted by Crippen LogP contribution is -2.50. The van der Waals surface area contributed by atoms with Crippen molar-refractivity contribution in [3.63, 3.8) is 0 Å². The van der Waals surface area contributed by atoms with Gasteiger partial charge in [-0.25, -0.2) is 4.31 Å². The van der Waals surface area contributed by atoms with E-state index < -0.39 is 0 Å². The largest absolute Gasteiger partial charge is 0.341 e. The van der Waals surface area contributed by atoms with Crippen LogP contribution < -0.4 is 5.73 Å². The highest BCUT2D eigenvalue weighted by Gasteiger charge is 2.45. The minimum absolute atomic E-state index is 0.0688. The fourth-order valence-electron chi connectivity index (χ4n) is 3.62. The summed E-state index contributed by atoms with van der Waals surface area (Å²) in [6.07, 6.45) is 6.62. The Morgan fingerprint density at radius 3 is 2.74 bits per heavy atom. The third kappa shape index (κ3) is 4.75. The van der Waals surface area contributed by atoms with Gasteiger partial charge in [0, 0.05) is 36.6 Å². The molecule has 5 nitrogen and oxygen atoms in total. The number of hydrogen-bond acceptors (Lipinski definition) is 5. The molecule has 1 saturated carbocycles. The number of carbonyl (C=O) groups excluding carboxylic acids is 1. The summed E-state index contributed by atoms with van der Waals surface area (Å²) < 4.78 is 7.77. The molecule has 2 N–H and O–H groups in total. The quantitative estimate of drug-likeness (QED) is 0.352. The number of piperidine rings is 1. The lowest BCUT2D eigenvalue weighted by atomic mass is 9.86. The van der Waals surface area contributed by atoms with Crippen molar-refractivity contribution in [3.8, 4) is 0 Å². The fourth-order valence-corrected chi connectivity index (χ4v) is 4.84. The highest BCUT2D eigenvalue weighted by Crippen LogP contribution is 2.42. The van der Waals surface area contributed by atoms with Crippen LogP contribution in [0.1, 0.15) is 45.4 Å². The van der Waals surface area contributed by atoms with Crippen LogP contribution in [0.3, 0.4) is 0 Å². The van der Waals surface area contributed by atoms with Gasteiger partial charge in [-0.3, -0.25) is 8.98 Å². The first-order valence-electron chi connectivity index (χ1n) is 8.73. The first-order valence-corrected chi connectivity index (χ1v) is 9.87. The molecule has 0 spiro atoms. The minimum Gasteiger partial charge on any atom is -0.341 e. The summed E-state index contributed by atoms with van der Waals surface area (Å²) in [4.78, 5) is 14.0. The van der Waals surface area contributed by atoms with E-state index in [-0.39, 0.29) is 18.1 Å². The molecule has 1 aliphatic carbocycles. The summed E-state index contributed by atoms with van der Waals surface area (Å²) in [6.45, 7) is 4.70. The standard InChI is InChI=1S/C16H28ClN3O2S/c1-16(18)6-8-19(9-7-16)15(21)11-22-23-20-10-14(20)12-4-2-3-5-13(12)17/h12-14H,2-11,18H2,1H3. The van der Waals surface area contributed by atoms with Gasteiger partial charge in [0.05, 0.1) is 12.2 Å². The second kappa shape index (κ2) is 7.48. The van der Waals surface area contributed by atoms with Gasteiger partial charge >= 0.3 is 0 Å². The van der Waals surface area contributed by atoms with Crippen molar-refractivity contribution in [2.24, 2.45) is 11.7 Å². The van der Waals surface area contributed by atoms with Crippen molar-refractivity contribution in [1.82, 2.24) is 9.21 Å². The average Bonchev–Trinajstić information content (AvgIpc) is 3.27. The number of amides is 1. The van der Waals surface area contributed by atoms with Crippen molar-refractivity contribution in [2.45, 2.75) is 62.4 Å². The molecule has 0 aromatic rings. The molecule has 132 valence electrons. The van der Waals surface area contributed by atoms with Gasteiger partial charge in [0.2, 0.25) is 5.91 Å². The zero-order valence-corrected chi connectivity index (χ0v) is 15.5. The summed E-state index contributed by atoms with van der Waals surface area (Å²) in [6, 6.07) is 0.533. The number of alkyl halides is 1. The Kier molecular flexibility index (Phi) is 5.79. The van der Waals surface area contributed by atoms with E-state index in [0.29, 0.717) is 17.3 Å². The predicted octanol–water partition coefficient (Wildman–Crippen LogP) is 2.39. The summed E-state index contributed by atoms with van der Waals surface area (Å²) in [5.41, 5.74) is 5.97. The Morgan fingerprint density at radius 1 is 1.35 bits per heavy atom. The van der Waals surface area contributed by atoms with E-state index in [9.17, 15) is 4.79 Å². The van der Waals surface area contributed by atoms with Crippen LogP contribution in [0.4, 0.5) is 0 Å². The summed E-state index contributed by atoms with van der Waals surface area (Å²) >= 11 is 7.79. The molecular formula is C16H28ClN3O2S. The molecule has 3 fully saturated rings. The SMILES string of the molecule is CC1(N)CCN(C(=O)COSN2CC2C2CCCCC2Cl)CC1. The number of carbonyl (C=O) groups is 1. The minimum atomic E-state index is -0.128. The Bertz CT molecular complexity index is 428. The third-order valence-corrected chi connectivity index (χ3v) is 6.80. The van der Waals surface area contributed by atoms with E-state index in [1.807, 2.05) is 4.90 Å². The highest BCUT2D eigenvalue weighted by molar-refractivity contribution is 7.92. The second-order valence-corrected chi connectivity index (χ2v) is 8.92. The van der Waals surface area contributed by atoms with Crippen molar-refractivity contribution in [1.29, 1.82) is 0 Å². The number of halogens is 1. The average molecular weight is 362 g/mol. The number of nitrogens with two attached hydrogens (primary N) is 1.